The van der Waals surface area contributed by atoms with Gasteiger partial charge < -0.3 is 0 Å². The molecule has 0 aliphatic heterocycles. The first-order valence-corrected chi connectivity index (χ1v) is 9.65. The van der Waals surface area contributed by atoms with Crippen molar-refractivity contribution in [2.45, 2.75) is 33.7 Å². The third kappa shape index (κ3) is 3.91. The Bertz CT molecular complexity index is 909. The Labute approximate surface area is 150 Å². The molecule has 5 heteroatoms. The molecule has 0 aliphatic carbocycles. The smallest absolute Gasteiger partial charge is 0.206 e. The minimum absolute atomic E-state index is 0.236. The zero-order valence-electron chi connectivity index (χ0n) is 14.4. The Balaban J connectivity index is 2.08. The quantitative estimate of drug-likeness (QED) is 0.584. The van der Waals surface area contributed by atoms with Crippen LogP contribution >= 0.6 is 22.7 Å². The highest BCUT2D eigenvalue weighted by molar-refractivity contribution is 7.13. The van der Waals surface area contributed by atoms with Crippen molar-refractivity contribution >= 4 is 28.9 Å². The third-order valence-electron chi connectivity index (χ3n) is 3.46. The summed E-state index contributed by atoms with van der Waals surface area (Å²) in [6.07, 6.45) is 1.92. The van der Waals surface area contributed by atoms with Gasteiger partial charge in [0.1, 0.15) is 0 Å². The lowest BCUT2D eigenvalue weighted by Crippen LogP contribution is -2.14. The van der Waals surface area contributed by atoms with Gasteiger partial charge in [0.15, 0.2) is 0 Å². The van der Waals surface area contributed by atoms with Crippen LogP contribution in [0.5, 0.6) is 0 Å². The maximum absolute atomic E-state index is 4.72. The van der Waals surface area contributed by atoms with Crippen molar-refractivity contribution < 1.29 is 0 Å². The zero-order valence-corrected chi connectivity index (χ0v) is 16.0. The summed E-state index contributed by atoms with van der Waals surface area (Å²) in [7, 11) is 0. The van der Waals surface area contributed by atoms with E-state index in [1.807, 2.05) is 10.9 Å². The summed E-state index contributed by atoms with van der Waals surface area (Å²) >= 11 is 3.37. The highest BCUT2D eigenvalue weighted by atomic mass is 32.1. The second kappa shape index (κ2) is 7.28. The third-order valence-corrected chi connectivity index (χ3v) is 5.23. The molecule has 3 rings (SSSR count). The Hall–Kier alpha value is -1.98. The van der Waals surface area contributed by atoms with Crippen LogP contribution in [0.2, 0.25) is 0 Å². The minimum Gasteiger partial charge on any atom is -0.255 e. The van der Waals surface area contributed by atoms with Gasteiger partial charge in [-0.05, 0) is 39.8 Å². The fourth-order valence-corrected chi connectivity index (χ4v) is 3.99. The summed E-state index contributed by atoms with van der Waals surface area (Å²) in [5.41, 5.74) is 3.48. The Morgan fingerprint density at radius 2 is 1.79 bits per heavy atom. The molecule has 0 bridgehead atoms. The monoisotopic (exact) mass is 355 g/mol. The molecule has 0 N–H and O–H groups in total. The molecule has 0 amide bonds. The Morgan fingerprint density at radius 1 is 1.04 bits per heavy atom. The lowest BCUT2D eigenvalue weighted by Gasteiger charge is -2.04. The van der Waals surface area contributed by atoms with Gasteiger partial charge in [0.05, 0.1) is 11.9 Å². The molecule has 0 spiro atoms. The molecule has 3 aromatic rings. The molecular weight excluding hydrogens is 334 g/mol. The van der Waals surface area contributed by atoms with Crippen LogP contribution in [0, 0.1) is 13.8 Å². The average molecular weight is 356 g/mol. The van der Waals surface area contributed by atoms with Crippen LogP contribution in [0.4, 0.5) is 0 Å². The van der Waals surface area contributed by atoms with Crippen LogP contribution in [0.15, 0.2) is 51.9 Å². The van der Waals surface area contributed by atoms with E-state index in [-0.39, 0.29) is 6.04 Å². The summed E-state index contributed by atoms with van der Waals surface area (Å²) < 4.78 is 1.95. The first-order valence-electron chi connectivity index (χ1n) is 7.95. The van der Waals surface area contributed by atoms with Gasteiger partial charge in [-0.25, -0.2) is 4.68 Å². The van der Waals surface area contributed by atoms with Crippen LogP contribution in [0.3, 0.4) is 0 Å². The number of nitrogens with zero attached hydrogens (tertiary/aromatic N) is 3. The van der Waals surface area contributed by atoms with Gasteiger partial charge in [0.2, 0.25) is 4.80 Å². The van der Waals surface area contributed by atoms with Crippen LogP contribution in [-0.4, -0.2) is 16.9 Å². The number of hydrogen-bond donors (Lipinski definition) is 0. The number of aromatic nitrogens is 1. The van der Waals surface area contributed by atoms with Crippen molar-refractivity contribution in [3.05, 3.63) is 61.9 Å². The van der Waals surface area contributed by atoms with Crippen LogP contribution in [0.1, 0.15) is 29.2 Å². The van der Waals surface area contributed by atoms with E-state index < -0.39 is 0 Å². The van der Waals surface area contributed by atoms with Crippen molar-refractivity contribution in [2.75, 3.05) is 0 Å². The van der Waals surface area contributed by atoms with Crippen LogP contribution in [-0.2, 0) is 0 Å². The van der Waals surface area contributed by atoms with E-state index >= 15 is 0 Å². The molecule has 2 heterocycles. The molecule has 0 radical (unpaired) electrons. The van der Waals surface area contributed by atoms with Crippen LogP contribution < -0.4 is 4.80 Å². The summed E-state index contributed by atoms with van der Waals surface area (Å²) in [4.78, 5) is 8.07. The summed E-state index contributed by atoms with van der Waals surface area (Å²) in [6.45, 7) is 8.38. The number of rotatable bonds is 4. The molecule has 0 saturated heterocycles. The summed E-state index contributed by atoms with van der Waals surface area (Å²) in [6, 6.07) is 13.0. The molecule has 3 nitrogen and oxygen atoms in total. The predicted molar refractivity (Wildman–Crippen MR) is 105 cm³/mol. The van der Waals surface area contributed by atoms with Crippen molar-refractivity contribution in [1.29, 1.82) is 0 Å². The van der Waals surface area contributed by atoms with Gasteiger partial charge in [0.25, 0.3) is 0 Å². The van der Waals surface area contributed by atoms with E-state index in [2.05, 4.69) is 69.5 Å². The normalized spacial score (nSPS) is 12.6. The van der Waals surface area contributed by atoms with Gasteiger partial charge in [-0.2, -0.15) is 5.10 Å². The van der Waals surface area contributed by atoms with Gasteiger partial charge in [0, 0.05) is 26.7 Å². The highest BCUT2D eigenvalue weighted by Gasteiger charge is 2.08. The highest BCUT2D eigenvalue weighted by Crippen LogP contribution is 2.21. The van der Waals surface area contributed by atoms with E-state index in [4.69, 9.17) is 10.1 Å². The molecule has 2 aromatic heterocycles. The molecule has 0 aliphatic rings. The van der Waals surface area contributed by atoms with Crippen molar-refractivity contribution in [3.63, 3.8) is 0 Å². The number of thiazole rings is 1. The SMILES string of the molecule is Cc1ccc(-c2csc(=NC(C)C)n2N=Cc2ccc(C)s2)cc1. The number of benzene rings is 1. The first-order chi connectivity index (χ1) is 11.5. The second-order valence-corrected chi connectivity index (χ2v) is 8.15. The maximum atomic E-state index is 4.72. The summed E-state index contributed by atoms with van der Waals surface area (Å²) in [5, 5.41) is 6.85. The molecule has 124 valence electrons. The van der Waals surface area contributed by atoms with E-state index in [1.54, 1.807) is 22.7 Å². The molecule has 24 heavy (non-hydrogen) atoms. The van der Waals surface area contributed by atoms with Gasteiger partial charge >= 0.3 is 0 Å². The topological polar surface area (TPSA) is 29.6 Å². The molecular formula is C19H21N3S2. The van der Waals surface area contributed by atoms with E-state index in [1.165, 1.54) is 10.4 Å². The second-order valence-electron chi connectivity index (χ2n) is 6.00. The van der Waals surface area contributed by atoms with Crippen molar-refractivity contribution in [2.24, 2.45) is 10.1 Å². The van der Waals surface area contributed by atoms with Gasteiger partial charge in [-0.15, -0.1) is 22.7 Å². The zero-order chi connectivity index (χ0) is 17.1. The molecule has 0 saturated carbocycles. The average Bonchev–Trinajstić information content (AvgIpc) is 3.12. The van der Waals surface area contributed by atoms with Gasteiger partial charge in [-0.1, -0.05) is 29.8 Å². The Kier molecular flexibility index (Phi) is 5.11. The number of hydrogen-bond acceptors (Lipinski definition) is 4. The largest absolute Gasteiger partial charge is 0.255 e. The molecule has 1 aromatic carbocycles. The molecule has 0 fully saturated rings. The molecule has 0 atom stereocenters. The predicted octanol–water partition coefficient (Wildman–Crippen LogP) is 5.09. The lowest BCUT2D eigenvalue weighted by atomic mass is 10.1. The summed E-state index contributed by atoms with van der Waals surface area (Å²) in [5.74, 6) is 0. The minimum atomic E-state index is 0.236. The van der Waals surface area contributed by atoms with Crippen molar-refractivity contribution in [1.82, 2.24) is 4.68 Å². The fourth-order valence-electron chi connectivity index (χ4n) is 2.28. The number of thiophene rings is 1. The number of aryl methyl sites for hydroxylation is 2. The lowest BCUT2D eigenvalue weighted by molar-refractivity contribution is 0.755. The maximum Gasteiger partial charge on any atom is 0.206 e. The van der Waals surface area contributed by atoms with Crippen molar-refractivity contribution in [3.8, 4) is 11.3 Å². The van der Waals surface area contributed by atoms with E-state index in [0.29, 0.717) is 0 Å². The Morgan fingerprint density at radius 3 is 2.42 bits per heavy atom. The fraction of sp³-hybridized carbons (Fsp3) is 0.263. The first kappa shape index (κ1) is 16.9. The van der Waals surface area contributed by atoms with Gasteiger partial charge in [-0.3, -0.25) is 4.99 Å². The van der Waals surface area contributed by atoms with Crippen LogP contribution in [0.25, 0.3) is 11.3 Å². The standard InChI is InChI=1S/C19H21N3S2/c1-13(2)21-19-22(20-11-17-10-7-15(4)24-17)18(12-23-19)16-8-5-14(3)6-9-16/h5-13H,1-4H3. The molecule has 0 unspecified atom stereocenters. The van der Waals surface area contributed by atoms with E-state index in [0.717, 1.165) is 20.9 Å². The van der Waals surface area contributed by atoms with E-state index in [9.17, 15) is 0 Å².